The van der Waals surface area contributed by atoms with Crippen LogP contribution < -0.4 is 15.8 Å². The second kappa shape index (κ2) is 7.79. The SMILES string of the molecule is COc1ccc(NC(=O)C2(c3cccc(C)c3)CCCC2)cc1N.Cl. The topological polar surface area (TPSA) is 64.3 Å². The van der Waals surface area contributed by atoms with Gasteiger partial charge in [0.05, 0.1) is 18.2 Å². The average Bonchev–Trinajstić information content (AvgIpc) is 3.06. The standard InChI is InChI=1S/C20H24N2O2.ClH/c1-14-6-5-7-15(12-14)20(10-3-4-11-20)19(23)22-16-8-9-18(24-2)17(21)13-16;/h5-9,12-13H,3-4,10-11,21H2,1-2H3,(H,22,23);1H. The van der Waals surface area contributed by atoms with Crippen LogP contribution in [0.4, 0.5) is 11.4 Å². The summed E-state index contributed by atoms with van der Waals surface area (Å²) < 4.78 is 5.17. The molecule has 25 heavy (non-hydrogen) atoms. The lowest BCUT2D eigenvalue weighted by atomic mass is 9.77. The number of benzene rings is 2. The number of rotatable bonds is 4. The van der Waals surface area contributed by atoms with Gasteiger partial charge >= 0.3 is 0 Å². The van der Waals surface area contributed by atoms with Gasteiger partial charge in [-0.25, -0.2) is 0 Å². The fourth-order valence-corrected chi connectivity index (χ4v) is 3.63. The maximum Gasteiger partial charge on any atom is 0.235 e. The molecule has 1 aliphatic carbocycles. The van der Waals surface area contributed by atoms with Crippen LogP contribution in [0, 0.1) is 6.92 Å². The number of aryl methyl sites for hydroxylation is 1. The predicted molar refractivity (Wildman–Crippen MR) is 105 cm³/mol. The Labute approximate surface area is 155 Å². The highest BCUT2D eigenvalue weighted by atomic mass is 35.5. The van der Waals surface area contributed by atoms with Crippen molar-refractivity contribution in [1.29, 1.82) is 0 Å². The molecule has 0 aliphatic heterocycles. The molecule has 1 saturated carbocycles. The van der Waals surface area contributed by atoms with Crippen LogP contribution in [0.2, 0.25) is 0 Å². The average molecular weight is 361 g/mol. The molecule has 4 nitrogen and oxygen atoms in total. The van der Waals surface area contributed by atoms with Crippen LogP contribution in [0.15, 0.2) is 42.5 Å². The van der Waals surface area contributed by atoms with E-state index >= 15 is 0 Å². The van der Waals surface area contributed by atoms with E-state index in [-0.39, 0.29) is 18.3 Å². The first-order chi connectivity index (χ1) is 11.5. The van der Waals surface area contributed by atoms with E-state index in [0.717, 1.165) is 31.2 Å². The van der Waals surface area contributed by atoms with E-state index in [1.807, 2.05) is 12.1 Å². The van der Waals surface area contributed by atoms with E-state index in [1.165, 1.54) is 5.56 Å². The number of halogens is 1. The molecule has 0 bridgehead atoms. The minimum atomic E-state index is -0.444. The lowest BCUT2D eigenvalue weighted by Crippen LogP contribution is -2.38. The van der Waals surface area contributed by atoms with E-state index in [1.54, 1.807) is 19.2 Å². The van der Waals surface area contributed by atoms with Crippen LogP contribution in [-0.4, -0.2) is 13.0 Å². The van der Waals surface area contributed by atoms with E-state index in [2.05, 4.69) is 30.4 Å². The number of nitrogens with two attached hydrogens (primary N) is 1. The van der Waals surface area contributed by atoms with Crippen LogP contribution in [-0.2, 0) is 10.2 Å². The Kier molecular flexibility index (Phi) is 5.96. The molecule has 0 unspecified atom stereocenters. The zero-order valence-corrected chi connectivity index (χ0v) is 15.5. The van der Waals surface area contributed by atoms with E-state index in [4.69, 9.17) is 10.5 Å². The van der Waals surface area contributed by atoms with Crippen molar-refractivity contribution in [1.82, 2.24) is 0 Å². The summed E-state index contributed by atoms with van der Waals surface area (Å²) in [5.74, 6) is 0.664. The van der Waals surface area contributed by atoms with Crippen molar-refractivity contribution in [3.63, 3.8) is 0 Å². The molecular weight excluding hydrogens is 336 g/mol. The van der Waals surface area contributed by atoms with Gasteiger partial charge in [-0.05, 0) is 43.5 Å². The van der Waals surface area contributed by atoms with Gasteiger partial charge in [0.2, 0.25) is 5.91 Å². The minimum absolute atomic E-state index is 0. The maximum atomic E-state index is 13.1. The zero-order chi connectivity index (χ0) is 17.2. The molecule has 0 atom stereocenters. The van der Waals surface area contributed by atoms with E-state index in [9.17, 15) is 4.79 Å². The Balaban J connectivity index is 0.00000225. The monoisotopic (exact) mass is 360 g/mol. The number of nitrogen functional groups attached to an aromatic ring is 1. The van der Waals surface area contributed by atoms with Gasteiger partial charge in [0.1, 0.15) is 5.75 Å². The molecule has 134 valence electrons. The number of ether oxygens (including phenoxy) is 1. The number of nitrogens with one attached hydrogen (secondary N) is 1. The van der Waals surface area contributed by atoms with Gasteiger partial charge < -0.3 is 15.8 Å². The highest BCUT2D eigenvalue weighted by Gasteiger charge is 2.42. The molecule has 2 aromatic carbocycles. The van der Waals surface area contributed by atoms with Crippen molar-refractivity contribution in [3.05, 3.63) is 53.6 Å². The summed E-state index contributed by atoms with van der Waals surface area (Å²) in [5.41, 5.74) is 9.02. The number of hydrogen-bond donors (Lipinski definition) is 2. The summed E-state index contributed by atoms with van der Waals surface area (Å²) in [6.07, 6.45) is 3.92. The molecule has 1 aliphatic rings. The number of anilines is 2. The van der Waals surface area contributed by atoms with Gasteiger partial charge in [0.15, 0.2) is 0 Å². The van der Waals surface area contributed by atoms with Gasteiger partial charge in [-0.3, -0.25) is 4.79 Å². The smallest absolute Gasteiger partial charge is 0.235 e. The van der Waals surface area contributed by atoms with Crippen molar-refractivity contribution in [2.24, 2.45) is 0 Å². The van der Waals surface area contributed by atoms with Gasteiger partial charge in [0, 0.05) is 5.69 Å². The van der Waals surface area contributed by atoms with Crippen LogP contribution in [0.5, 0.6) is 5.75 Å². The third-order valence-corrected chi connectivity index (χ3v) is 4.95. The quantitative estimate of drug-likeness (QED) is 0.791. The minimum Gasteiger partial charge on any atom is -0.495 e. The normalized spacial score (nSPS) is 15.3. The molecule has 0 spiro atoms. The fraction of sp³-hybridized carbons (Fsp3) is 0.350. The number of carbonyl (C=O) groups is 1. The summed E-state index contributed by atoms with van der Waals surface area (Å²) in [7, 11) is 1.58. The molecule has 1 amide bonds. The third kappa shape index (κ3) is 3.74. The number of methoxy groups -OCH3 is 1. The molecule has 0 aromatic heterocycles. The maximum absolute atomic E-state index is 13.1. The van der Waals surface area contributed by atoms with Gasteiger partial charge in [-0.1, -0.05) is 42.7 Å². The second-order valence-corrected chi connectivity index (χ2v) is 6.57. The molecule has 0 radical (unpaired) electrons. The molecule has 0 saturated heterocycles. The summed E-state index contributed by atoms with van der Waals surface area (Å²) in [5, 5.41) is 3.06. The van der Waals surface area contributed by atoms with Crippen LogP contribution in [0.1, 0.15) is 36.8 Å². The highest BCUT2D eigenvalue weighted by molar-refractivity contribution is 5.99. The summed E-state index contributed by atoms with van der Waals surface area (Å²) in [6.45, 7) is 2.06. The Hall–Kier alpha value is -2.20. The number of carbonyl (C=O) groups excluding carboxylic acids is 1. The Morgan fingerprint density at radius 3 is 2.48 bits per heavy atom. The fourth-order valence-electron chi connectivity index (χ4n) is 3.63. The lowest BCUT2D eigenvalue weighted by Gasteiger charge is -2.28. The van der Waals surface area contributed by atoms with Gasteiger partial charge in [-0.2, -0.15) is 0 Å². The molecule has 0 heterocycles. The Morgan fingerprint density at radius 2 is 1.88 bits per heavy atom. The number of hydrogen-bond acceptors (Lipinski definition) is 3. The Morgan fingerprint density at radius 1 is 1.16 bits per heavy atom. The summed E-state index contributed by atoms with van der Waals surface area (Å²) in [4.78, 5) is 13.1. The van der Waals surface area contributed by atoms with Crippen molar-refractivity contribution >= 4 is 29.7 Å². The molecule has 1 fully saturated rings. The van der Waals surface area contributed by atoms with Crippen molar-refractivity contribution in [3.8, 4) is 5.75 Å². The first kappa shape index (κ1) is 19.1. The van der Waals surface area contributed by atoms with E-state index < -0.39 is 5.41 Å². The predicted octanol–water partition coefficient (Wildman–Crippen LogP) is 4.46. The molecule has 5 heteroatoms. The molecule has 3 N–H and O–H groups in total. The van der Waals surface area contributed by atoms with E-state index in [0.29, 0.717) is 17.1 Å². The first-order valence-electron chi connectivity index (χ1n) is 8.37. The first-order valence-corrected chi connectivity index (χ1v) is 8.37. The summed E-state index contributed by atoms with van der Waals surface area (Å²) in [6, 6.07) is 13.6. The number of amides is 1. The lowest BCUT2D eigenvalue weighted by molar-refractivity contribution is -0.121. The van der Waals surface area contributed by atoms with Crippen LogP contribution in [0.3, 0.4) is 0 Å². The van der Waals surface area contributed by atoms with Gasteiger partial charge in [0.25, 0.3) is 0 Å². The largest absolute Gasteiger partial charge is 0.495 e. The van der Waals surface area contributed by atoms with Gasteiger partial charge in [-0.15, -0.1) is 12.4 Å². The zero-order valence-electron chi connectivity index (χ0n) is 14.7. The van der Waals surface area contributed by atoms with Crippen LogP contribution in [0.25, 0.3) is 0 Å². The van der Waals surface area contributed by atoms with Crippen LogP contribution >= 0.6 is 12.4 Å². The third-order valence-electron chi connectivity index (χ3n) is 4.95. The van der Waals surface area contributed by atoms with Crippen molar-refractivity contribution in [2.75, 3.05) is 18.2 Å². The molecular formula is C20H25ClN2O2. The van der Waals surface area contributed by atoms with Crippen molar-refractivity contribution < 1.29 is 9.53 Å². The molecule has 2 aromatic rings. The highest BCUT2D eigenvalue weighted by Crippen LogP contribution is 2.42. The second-order valence-electron chi connectivity index (χ2n) is 6.57. The Bertz CT molecular complexity index is 755. The van der Waals surface area contributed by atoms with Crippen molar-refractivity contribution in [2.45, 2.75) is 38.0 Å². The molecule has 3 rings (SSSR count). The summed E-state index contributed by atoms with van der Waals surface area (Å²) >= 11 is 0.